The van der Waals surface area contributed by atoms with E-state index < -0.39 is 11.9 Å². The Bertz CT molecular complexity index is 664. The van der Waals surface area contributed by atoms with Crippen LogP contribution in [-0.2, 0) is 4.79 Å². The van der Waals surface area contributed by atoms with Crippen LogP contribution in [0.15, 0.2) is 36.4 Å². The first-order valence-electron chi connectivity index (χ1n) is 7.88. The third-order valence-electron chi connectivity index (χ3n) is 4.08. The second-order valence-corrected chi connectivity index (χ2v) is 6.15. The molecule has 0 aromatic heterocycles. The third kappa shape index (κ3) is 4.35. The van der Waals surface area contributed by atoms with Crippen LogP contribution in [-0.4, -0.2) is 17.7 Å². The molecule has 0 aliphatic rings. The van der Waals surface area contributed by atoms with Gasteiger partial charge >= 0.3 is 5.97 Å². The molecule has 23 heavy (non-hydrogen) atoms. The molecule has 0 aliphatic heterocycles. The molecule has 0 saturated heterocycles. The van der Waals surface area contributed by atoms with E-state index in [1.807, 2.05) is 64.1 Å². The minimum atomic E-state index is -0.799. The highest BCUT2D eigenvalue weighted by Crippen LogP contribution is 2.28. The van der Waals surface area contributed by atoms with E-state index in [1.54, 1.807) is 0 Å². The van der Waals surface area contributed by atoms with Gasteiger partial charge < -0.3 is 9.84 Å². The molecule has 0 bridgehead atoms. The Labute approximate surface area is 137 Å². The third-order valence-corrected chi connectivity index (χ3v) is 4.08. The number of ether oxygens (including phenoxy) is 1. The van der Waals surface area contributed by atoms with E-state index in [0.29, 0.717) is 13.0 Å². The van der Waals surface area contributed by atoms with E-state index in [2.05, 4.69) is 0 Å². The summed E-state index contributed by atoms with van der Waals surface area (Å²) in [6.07, 6.45) is 0.452. The Morgan fingerprint density at radius 3 is 2.09 bits per heavy atom. The minimum absolute atomic E-state index is 0.382. The van der Waals surface area contributed by atoms with Crippen molar-refractivity contribution in [3.05, 3.63) is 64.2 Å². The van der Waals surface area contributed by atoms with Gasteiger partial charge in [-0.3, -0.25) is 4.79 Å². The summed E-state index contributed by atoms with van der Waals surface area (Å²) in [5.74, 6) is -0.564. The van der Waals surface area contributed by atoms with Gasteiger partial charge in [-0.1, -0.05) is 35.4 Å². The van der Waals surface area contributed by atoms with Crippen molar-refractivity contribution in [2.75, 3.05) is 6.61 Å². The molecule has 122 valence electrons. The molecule has 3 nitrogen and oxygen atoms in total. The molecule has 1 atom stereocenters. The van der Waals surface area contributed by atoms with Crippen molar-refractivity contribution in [1.29, 1.82) is 0 Å². The van der Waals surface area contributed by atoms with Crippen molar-refractivity contribution in [2.45, 2.75) is 40.0 Å². The summed E-state index contributed by atoms with van der Waals surface area (Å²) in [6.45, 7) is 8.39. The lowest BCUT2D eigenvalue weighted by Crippen LogP contribution is -2.17. The fourth-order valence-corrected chi connectivity index (χ4v) is 3.06. The number of carboxylic acids is 1. The molecule has 0 aliphatic carbocycles. The van der Waals surface area contributed by atoms with Crippen LogP contribution in [0.25, 0.3) is 0 Å². The van der Waals surface area contributed by atoms with Crippen LogP contribution >= 0.6 is 0 Å². The maximum absolute atomic E-state index is 11.7. The first kappa shape index (κ1) is 17.1. The van der Waals surface area contributed by atoms with Crippen LogP contribution < -0.4 is 4.74 Å². The number of benzene rings is 2. The number of carbonyl (C=O) groups is 1. The Kier molecular flexibility index (Phi) is 5.43. The topological polar surface area (TPSA) is 46.5 Å². The molecule has 0 saturated carbocycles. The van der Waals surface area contributed by atoms with Gasteiger partial charge in [0.25, 0.3) is 0 Å². The van der Waals surface area contributed by atoms with Gasteiger partial charge in [0, 0.05) is 0 Å². The lowest BCUT2D eigenvalue weighted by molar-refractivity contribution is -0.139. The quantitative estimate of drug-likeness (QED) is 0.850. The first-order valence-corrected chi connectivity index (χ1v) is 7.88. The van der Waals surface area contributed by atoms with Crippen molar-refractivity contribution in [2.24, 2.45) is 0 Å². The lowest BCUT2D eigenvalue weighted by atomic mass is 9.87. The second-order valence-electron chi connectivity index (χ2n) is 6.15. The normalized spacial score (nSPS) is 12.0. The van der Waals surface area contributed by atoms with Gasteiger partial charge in [0.2, 0.25) is 0 Å². The summed E-state index contributed by atoms with van der Waals surface area (Å²) < 4.78 is 5.70. The summed E-state index contributed by atoms with van der Waals surface area (Å²) in [7, 11) is 0. The summed E-state index contributed by atoms with van der Waals surface area (Å²) in [6, 6.07) is 11.9. The van der Waals surface area contributed by atoms with Crippen LogP contribution in [0.4, 0.5) is 0 Å². The lowest BCUT2D eigenvalue weighted by Gasteiger charge is -2.19. The van der Waals surface area contributed by atoms with E-state index >= 15 is 0 Å². The molecule has 0 amide bonds. The fourth-order valence-electron chi connectivity index (χ4n) is 3.06. The predicted octanol–water partition coefficient (Wildman–Crippen LogP) is 4.56. The maximum atomic E-state index is 11.7. The number of aliphatic carboxylic acids is 1. The van der Waals surface area contributed by atoms with Gasteiger partial charge in [-0.2, -0.15) is 0 Å². The molecule has 3 heteroatoms. The van der Waals surface area contributed by atoms with Crippen molar-refractivity contribution < 1.29 is 14.6 Å². The smallest absolute Gasteiger partial charge is 0.311 e. The highest BCUT2D eigenvalue weighted by atomic mass is 16.5. The van der Waals surface area contributed by atoms with Crippen LogP contribution in [0.2, 0.25) is 0 Å². The van der Waals surface area contributed by atoms with E-state index in [1.165, 1.54) is 5.56 Å². The zero-order valence-electron chi connectivity index (χ0n) is 14.2. The SMILES string of the molecule is Cc1ccc(OCCC(C(=O)O)c2c(C)cc(C)cc2C)cc1. The molecule has 1 N–H and O–H groups in total. The van der Waals surface area contributed by atoms with E-state index in [0.717, 1.165) is 28.0 Å². The molecular formula is C20H24O3. The van der Waals surface area contributed by atoms with Gasteiger partial charge in [0.15, 0.2) is 0 Å². The number of aryl methyl sites for hydroxylation is 4. The Morgan fingerprint density at radius 1 is 1.00 bits per heavy atom. The van der Waals surface area contributed by atoms with Crippen LogP contribution in [0.1, 0.15) is 40.2 Å². The fraction of sp³-hybridized carbons (Fsp3) is 0.350. The Balaban J connectivity index is 2.11. The van der Waals surface area contributed by atoms with Crippen LogP contribution in [0, 0.1) is 27.7 Å². The van der Waals surface area contributed by atoms with Crippen molar-refractivity contribution in [1.82, 2.24) is 0 Å². The maximum Gasteiger partial charge on any atom is 0.311 e. The zero-order chi connectivity index (χ0) is 17.0. The highest BCUT2D eigenvalue weighted by molar-refractivity contribution is 5.77. The van der Waals surface area contributed by atoms with Crippen molar-refractivity contribution in [3.63, 3.8) is 0 Å². The number of hydrogen-bond donors (Lipinski definition) is 1. The summed E-state index contributed by atoms with van der Waals surface area (Å²) in [4.78, 5) is 11.7. The minimum Gasteiger partial charge on any atom is -0.494 e. The molecule has 2 aromatic carbocycles. The molecule has 2 rings (SSSR count). The van der Waals surface area contributed by atoms with E-state index in [-0.39, 0.29) is 0 Å². The number of rotatable bonds is 6. The van der Waals surface area contributed by atoms with Gasteiger partial charge in [-0.15, -0.1) is 0 Å². The molecule has 0 spiro atoms. The summed E-state index contributed by atoms with van der Waals surface area (Å²) in [5.41, 5.74) is 5.31. The van der Waals surface area contributed by atoms with Crippen LogP contribution in [0.3, 0.4) is 0 Å². The highest BCUT2D eigenvalue weighted by Gasteiger charge is 2.23. The molecule has 0 fully saturated rings. The number of carboxylic acid groups (broad SMARTS) is 1. The zero-order valence-corrected chi connectivity index (χ0v) is 14.2. The van der Waals surface area contributed by atoms with E-state index in [4.69, 9.17) is 4.74 Å². The molecule has 0 radical (unpaired) electrons. The van der Waals surface area contributed by atoms with Gasteiger partial charge in [-0.05, 0) is 62.9 Å². The Hall–Kier alpha value is -2.29. The van der Waals surface area contributed by atoms with Gasteiger partial charge in [0.05, 0.1) is 12.5 Å². The summed E-state index contributed by atoms with van der Waals surface area (Å²) >= 11 is 0. The molecular weight excluding hydrogens is 288 g/mol. The second kappa shape index (κ2) is 7.32. The van der Waals surface area contributed by atoms with Gasteiger partial charge in [-0.25, -0.2) is 0 Å². The van der Waals surface area contributed by atoms with Gasteiger partial charge in [0.1, 0.15) is 5.75 Å². The molecule has 1 unspecified atom stereocenters. The summed E-state index contributed by atoms with van der Waals surface area (Å²) in [5, 5.41) is 9.62. The monoisotopic (exact) mass is 312 g/mol. The standard InChI is InChI=1S/C20H24O3/c1-13-5-7-17(8-6-13)23-10-9-18(20(21)22)19-15(3)11-14(2)12-16(19)4/h5-8,11-12,18H,9-10H2,1-4H3,(H,21,22). The average Bonchev–Trinajstić information content (AvgIpc) is 2.46. The number of hydrogen-bond acceptors (Lipinski definition) is 2. The largest absolute Gasteiger partial charge is 0.494 e. The predicted molar refractivity (Wildman–Crippen MR) is 92.3 cm³/mol. The van der Waals surface area contributed by atoms with Crippen molar-refractivity contribution >= 4 is 5.97 Å². The van der Waals surface area contributed by atoms with Crippen molar-refractivity contribution in [3.8, 4) is 5.75 Å². The van der Waals surface area contributed by atoms with E-state index in [9.17, 15) is 9.90 Å². The first-order chi connectivity index (χ1) is 10.9. The average molecular weight is 312 g/mol. The van der Waals surface area contributed by atoms with Crippen LogP contribution in [0.5, 0.6) is 5.75 Å². The molecule has 0 heterocycles. The molecule has 2 aromatic rings. The Morgan fingerprint density at radius 2 is 1.57 bits per heavy atom.